The van der Waals surface area contributed by atoms with E-state index in [0.717, 1.165) is 5.01 Å². The molecule has 4 heterocycles. The minimum atomic E-state index is -0.667. The SMILES string of the molecule is CC(C)c1nnc(N2C(=O)c3oc4ccccc4c(=O)c3C2c2cccnc2)s1. The molecule has 0 saturated carbocycles. The molecule has 8 heteroatoms. The third-order valence-electron chi connectivity index (χ3n) is 4.91. The second kappa shape index (κ2) is 6.59. The Morgan fingerprint density at radius 2 is 1.93 bits per heavy atom. The van der Waals surface area contributed by atoms with Crippen LogP contribution >= 0.6 is 11.3 Å². The third-order valence-corrected chi connectivity index (χ3v) is 6.13. The first kappa shape index (κ1) is 17.7. The van der Waals surface area contributed by atoms with Crippen LogP contribution in [0.4, 0.5) is 5.13 Å². The van der Waals surface area contributed by atoms with Crippen LogP contribution in [0.2, 0.25) is 0 Å². The van der Waals surface area contributed by atoms with Gasteiger partial charge < -0.3 is 4.42 Å². The normalized spacial score (nSPS) is 16.0. The lowest BCUT2D eigenvalue weighted by Crippen LogP contribution is -2.29. The molecule has 29 heavy (non-hydrogen) atoms. The lowest BCUT2D eigenvalue weighted by Gasteiger charge is -2.21. The number of anilines is 1. The molecule has 4 aromatic rings. The molecular formula is C21H16N4O3S. The summed E-state index contributed by atoms with van der Waals surface area (Å²) in [5, 5.41) is 10.1. The third kappa shape index (κ3) is 2.67. The summed E-state index contributed by atoms with van der Waals surface area (Å²) in [5.74, 6) is -0.174. The molecule has 1 atom stereocenters. The Labute approximate surface area is 169 Å². The van der Waals surface area contributed by atoms with Gasteiger partial charge in [0.15, 0.2) is 5.43 Å². The van der Waals surface area contributed by atoms with Gasteiger partial charge in [0.05, 0.1) is 17.0 Å². The minimum Gasteiger partial charge on any atom is -0.450 e. The van der Waals surface area contributed by atoms with Gasteiger partial charge in [-0.3, -0.25) is 19.5 Å². The van der Waals surface area contributed by atoms with Crippen molar-refractivity contribution >= 4 is 33.3 Å². The van der Waals surface area contributed by atoms with Crippen molar-refractivity contribution in [2.75, 3.05) is 4.90 Å². The van der Waals surface area contributed by atoms with E-state index in [1.165, 1.54) is 16.2 Å². The van der Waals surface area contributed by atoms with Gasteiger partial charge in [-0.05, 0) is 23.8 Å². The Hall–Kier alpha value is -3.39. The number of hydrogen-bond acceptors (Lipinski definition) is 7. The number of carbonyl (C=O) groups is 1. The zero-order valence-electron chi connectivity index (χ0n) is 15.7. The summed E-state index contributed by atoms with van der Waals surface area (Å²) in [7, 11) is 0. The summed E-state index contributed by atoms with van der Waals surface area (Å²) in [4.78, 5) is 32.4. The Morgan fingerprint density at radius 1 is 1.10 bits per heavy atom. The molecule has 0 fully saturated rings. The second-order valence-corrected chi connectivity index (χ2v) is 8.10. The first-order valence-corrected chi connectivity index (χ1v) is 10.0. The van der Waals surface area contributed by atoms with E-state index < -0.39 is 11.9 Å². The summed E-state index contributed by atoms with van der Waals surface area (Å²) in [6.07, 6.45) is 3.30. The number of rotatable bonds is 3. The summed E-state index contributed by atoms with van der Waals surface area (Å²) >= 11 is 1.34. The predicted octanol–water partition coefficient (Wildman–Crippen LogP) is 3.91. The van der Waals surface area contributed by atoms with Crippen LogP contribution in [-0.2, 0) is 0 Å². The van der Waals surface area contributed by atoms with Gasteiger partial charge in [0.2, 0.25) is 10.9 Å². The zero-order valence-corrected chi connectivity index (χ0v) is 16.5. The van der Waals surface area contributed by atoms with E-state index in [0.29, 0.717) is 27.2 Å². The largest absolute Gasteiger partial charge is 0.450 e. The lowest BCUT2D eigenvalue weighted by molar-refractivity contribution is 0.0970. The number of para-hydroxylation sites is 1. The second-order valence-electron chi connectivity index (χ2n) is 7.11. The van der Waals surface area contributed by atoms with Crippen molar-refractivity contribution in [1.29, 1.82) is 0 Å². The number of pyridine rings is 1. The van der Waals surface area contributed by atoms with E-state index in [4.69, 9.17) is 4.42 Å². The van der Waals surface area contributed by atoms with Crippen LogP contribution in [0, 0.1) is 0 Å². The molecular weight excluding hydrogens is 388 g/mol. The Morgan fingerprint density at radius 3 is 2.66 bits per heavy atom. The first-order chi connectivity index (χ1) is 14.1. The summed E-state index contributed by atoms with van der Waals surface area (Å²) in [6.45, 7) is 4.03. The molecule has 1 unspecified atom stereocenters. The monoisotopic (exact) mass is 404 g/mol. The maximum absolute atomic E-state index is 13.4. The van der Waals surface area contributed by atoms with Crippen molar-refractivity contribution in [2.45, 2.75) is 25.8 Å². The molecule has 1 aliphatic heterocycles. The predicted molar refractivity (Wildman–Crippen MR) is 109 cm³/mol. The fourth-order valence-electron chi connectivity index (χ4n) is 3.53. The van der Waals surface area contributed by atoms with E-state index in [-0.39, 0.29) is 17.1 Å². The lowest BCUT2D eigenvalue weighted by atomic mass is 10.0. The van der Waals surface area contributed by atoms with Crippen molar-refractivity contribution in [3.63, 3.8) is 0 Å². The van der Waals surface area contributed by atoms with Crippen LogP contribution in [0.3, 0.4) is 0 Å². The van der Waals surface area contributed by atoms with Crippen LogP contribution in [0.15, 0.2) is 58.0 Å². The number of fused-ring (bicyclic) bond motifs is 2. The number of aromatic nitrogens is 3. The standard InChI is InChI=1S/C21H16N4O3S/c1-11(2)19-23-24-21(29-19)25-16(12-6-5-9-22-10-12)15-17(26)13-7-3-4-8-14(13)28-18(15)20(25)27/h3-11,16H,1-2H3. The highest BCUT2D eigenvalue weighted by Gasteiger charge is 2.45. The molecule has 0 radical (unpaired) electrons. The Kier molecular flexibility index (Phi) is 4.02. The summed E-state index contributed by atoms with van der Waals surface area (Å²) < 4.78 is 5.90. The van der Waals surface area contributed by atoms with Gasteiger partial charge in [-0.2, -0.15) is 0 Å². The quantitative estimate of drug-likeness (QED) is 0.514. The molecule has 0 spiro atoms. The van der Waals surface area contributed by atoms with Gasteiger partial charge in [0.25, 0.3) is 5.91 Å². The molecule has 0 bridgehead atoms. The zero-order chi connectivity index (χ0) is 20.1. The van der Waals surface area contributed by atoms with Gasteiger partial charge in [-0.15, -0.1) is 10.2 Å². The molecule has 0 aliphatic carbocycles. The highest BCUT2D eigenvalue weighted by molar-refractivity contribution is 7.15. The minimum absolute atomic E-state index is 0.0452. The summed E-state index contributed by atoms with van der Waals surface area (Å²) in [6, 6.07) is 9.89. The summed E-state index contributed by atoms with van der Waals surface area (Å²) in [5.41, 5.74) is 1.18. The van der Waals surface area contributed by atoms with Gasteiger partial charge in [0, 0.05) is 18.3 Å². The number of nitrogens with zero attached hydrogens (tertiary/aromatic N) is 4. The number of hydrogen-bond donors (Lipinski definition) is 0. The molecule has 1 aromatic carbocycles. The van der Waals surface area contributed by atoms with Crippen LogP contribution in [-0.4, -0.2) is 21.1 Å². The van der Waals surface area contributed by atoms with E-state index in [1.807, 2.05) is 19.9 Å². The smallest absolute Gasteiger partial charge is 0.297 e. The highest BCUT2D eigenvalue weighted by atomic mass is 32.1. The molecule has 1 amide bonds. The number of benzene rings is 1. The molecule has 1 aliphatic rings. The maximum Gasteiger partial charge on any atom is 0.297 e. The molecule has 0 N–H and O–H groups in total. The Balaban J connectivity index is 1.78. The molecule has 7 nitrogen and oxygen atoms in total. The number of carbonyl (C=O) groups excluding carboxylic acids is 1. The highest BCUT2D eigenvalue weighted by Crippen LogP contribution is 2.42. The fraction of sp³-hybridized carbons (Fsp3) is 0.190. The van der Waals surface area contributed by atoms with Gasteiger partial charge in [-0.1, -0.05) is 43.4 Å². The Bertz CT molecular complexity index is 1300. The van der Waals surface area contributed by atoms with E-state index in [9.17, 15) is 9.59 Å². The average Bonchev–Trinajstić information content (AvgIpc) is 3.33. The molecule has 144 valence electrons. The number of amides is 1. The topological polar surface area (TPSA) is 89.2 Å². The van der Waals surface area contributed by atoms with Crippen LogP contribution in [0.25, 0.3) is 11.0 Å². The van der Waals surface area contributed by atoms with Crippen molar-refractivity contribution < 1.29 is 9.21 Å². The average molecular weight is 404 g/mol. The van der Waals surface area contributed by atoms with Crippen molar-refractivity contribution in [3.05, 3.63) is 80.9 Å². The van der Waals surface area contributed by atoms with Crippen molar-refractivity contribution in [2.24, 2.45) is 0 Å². The molecule has 3 aromatic heterocycles. The van der Waals surface area contributed by atoms with Gasteiger partial charge >= 0.3 is 0 Å². The van der Waals surface area contributed by atoms with Crippen LogP contribution in [0.1, 0.15) is 52.5 Å². The van der Waals surface area contributed by atoms with Crippen LogP contribution in [0.5, 0.6) is 0 Å². The van der Waals surface area contributed by atoms with Gasteiger partial charge in [0.1, 0.15) is 10.6 Å². The van der Waals surface area contributed by atoms with E-state index >= 15 is 0 Å². The van der Waals surface area contributed by atoms with E-state index in [2.05, 4.69) is 15.2 Å². The van der Waals surface area contributed by atoms with Crippen molar-refractivity contribution in [3.8, 4) is 0 Å². The maximum atomic E-state index is 13.4. The first-order valence-electron chi connectivity index (χ1n) is 9.19. The fourth-order valence-corrected chi connectivity index (χ4v) is 4.40. The van der Waals surface area contributed by atoms with Gasteiger partial charge in [-0.25, -0.2) is 0 Å². The van der Waals surface area contributed by atoms with E-state index in [1.54, 1.807) is 42.7 Å². The molecule has 5 rings (SSSR count). The molecule has 0 saturated heterocycles. The van der Waals surface area contributed by atoms with Crippen LogP contribution < -0.4 is 10.3 Å². The van der Waals surface area contributed by atoms with Crippen molar-refractivity contribution in [1.82, 2.24) is 15.2 Å².